The number of carboxylic acids is 1. The van der Waals surface area contributed by atoms with Gasteiger partial charge in [-0.2, -0.15) is 13.2 Å². The first-order valence-electron chi connectivity index (χ1n) is 18.9. The normalized spacial score (nSPS) is 12.9. The van der Waals surface area contributed by atoms with E-state index in [2.05, 4.69) is 42.2 Å². The second-order valence-corrected chi connectivity index (χ2v) is 13.5. The Kier molecular flexibility index (Phi) is 19.0. The number of halogens is 3. The zero-order chi connectivity index (χ0) is 36.0. The molecule has 0 fully saturated rings. The fourth-order valence-corrected chi connectivity index (χ4v) is 6.33. The smallest absolute Gasteiger partial charge is 0.414 e. The van der Waals surface area contributed by atoms with Gasteiger partial charge in [-0.3, -0.25) is 4.79 Å². The highest BCUT2D eigenvalue weighted by atomic mass is 19.4. The van der Waals surface area contributed by atoms with E-state index < -0.39 is 18.2 Å². The molecule has 0 aliphatic heterocycles. The Labute approximate surface area is 298 Å². The van der Waals surface area contributed by atoms with Crippen LogP contribution in [0.2, 0.25) is 0 Å². The molecular formula is C42H58F3NO4. The Morgan fingerprint density at radius 3 is 1.98 bits per heavy atom. The van der Waals surface area contributed by atoms with E-state index in [-0.39, 0.29) is 18.9 Å². The van der Waals surface area contributed by atoms with Crippen molar-refractivity contribution in [1.29, 1.82) is 0 Å². The molecule has 8 heteroatoms. The van der Waals surface area contributed by atoms with E-state index in [0.717, 1.165) is 47.6 Å². The molecular weight excluding hydrogens is 639 g/mol. The van der Waals surface area contributed by atoms with Gasteiger partial charge in [-0.05, 0) is 73.3 Å². The van der Waals surface area contributed by atoms with Crippen LogP contribution in [0, 0.1) is 0 Å². The van der Waals surface area contributed by atoms with Crippen LogP contribution in [0.3, 0.4) is 0 Å². The van der Waals surface area contributed by atoms with Crippen LogP contribution in [0.5, 0.6) is 5.88 Å². The Morgan fingerprint density at radius 1 is 0.740 bits per heavy atom. The van der Waals surface area contributed by atoms with E-state index in [1.807, 2.05) is 36.5 Å². The van der Waals surface area contributed by atoms with Crippen LogP contribution >= 0.6 is 0 Å². The van der Waals surface area contributed by atoms with Crippen molar-refractivity contribution in [2.45, 2.75) is 141 Å². The van der Waals surface area contributed by atoms with E-state index in [1.54, 1.807) is 0 Å². The molecule has 0 aliphatic carbocycles. The summed E-state index contributed by atoms with van der Waals surface area (Å²) in [5, 5.41) is 9.24. The maximum absolute atomic E-state index is 12.9. The Hall–Kier alpha value is -3.39. The molecule has 0 saturated heterocycles. The summed E-state index contributed by atoms with van der Waals surface area (Å²) in [6.07, 6.45) is 13.3. The van der Waals surface area contributed by atoms with Gasteiger partial charge in [-0.1, -0.05) is 126 Å². The average molecular weight is 698 g/mol. The predicted molar refractivity (Wildman–Crippen MR) is 197 cm³/mol. The number of ether oxygens (including phenoxy) is 2. The van der Waals surface area contributed by atoms with Crippen molar-refractivity contribution in [2.75, 3.05) is 13.2 Å². The van der Waals surface area contributed by atoms with Gasteiger partial charge in [-0.15, -0.1) is 0 Å². The fraction of sp³-hybridized carbons (Fsp3) is 0.571. The number of carbonyl (C=O) groups is 1. The third-order valence-electron chi connectivity index (χ3n) is 9.36. The SMILES string of the molecule is CCCCCCCCCCCCCCOc1ccc(-c2cc(C(CCCOC(C)C(F)(F)F)CCCC(=O)O)ccc2-c2ccccc2)cn1. The van der Waals surface area contributed by atoms with E-state index >= 15 is 0 Å². The summed E-state index contributed by atoms with van der Waals surface area (Å²) in [6, 6.07) is 20.2. The number of rotatable bonds is 26. The van der Waals surface area contributed by atoms with Crippen molar-refractivity contribution in [3.8, 4) is 28.1 Å². The van der Waals surface area contributed by atoms with Gasteiger partial charge < -0.3 is 14.6 Å². The fourth-order valence-electron chi connectivity index (χ4n) is 6.33. The number of aliphatic carboxylic acids is 1. The van der Waals surface area contributed by atoms with Gasteiger partial charge in [0.25, 0.3) is 0 Å². The Balaban J connectivity index is 1.62. The van der Waals surface area contributed by atoms with E-state index in [4.69, 9.17) is 9.47 Å². The van der Waals surface area contributed by atoms with Gasteiger partial charge in [-0.25, -0.2) is 4.98 Å². The number of aromatic nitrogens is 1. The van der Waals surface area contributed by atoms with E-state index in [0.29, 0.717) is 38.2 Å². The summed E-state index contributed by atoms with van der Waals surface area (Å²) >= 11 is 0. The highest BCUT2D eigenvalue weighted by Crippen LogP contribution is 2.37. The summed E-state index contributed by atoms with van der Waals surface area (Å²) in [7, 11) is 0. The zero-order valence-electron chi connectivity index (χ0n) is 30.2. The number of hydrogen-bond acceptors (Lipinski definition) is 4. The van der Waals surface area contributed by atoms with Crippen molar-refractivity contribution in [3.63, 3.8) is 0 Å². The van der Waals surface area contributed by atoms with E-state index in [9.17, 15) is 23.1 Å². The lowest BCUT2D eigenvalue weighted by Crippen LogP contribution is -2.28. The molecule has 1 aromatic heterocycles. The van der Waals surface area contributed by atoms with Crippen LogP contribution in [-0.4, -0.2) is 41.6 Å². The van der Waals surface area contributed by atoms with Gasteiger partial charge in [0.15, 0.2) is 6.10 Å². The minimum absolute atomic E-state index is 0.0182. The monoisotopic (exact) mass is 697 g/mol. The molecule has 2 atom stereocenters. The number of unbranched alkanes of at least 4 members (excludes halogenated alkanes) is 11. The molecule has 50 heavy (non-hydrogen) atoms. The van der Waals surface area contributed by atoms with Crippen LogP contribution in [0.25, 0.3) is 22.3 Å². The number of hydrogen-bond donors (Lipinski definition) is 1. The first-order valence-corrected chi connectivity index (χ1v) is 18.9. The van der Waals surface area contributed by atoms with Crippen molar-refractivity contribution in [1.82, 2.24) is 4.98 Å². The molecule has 3 aromatic rings. The molecule has 0 saturated carbocycles. The molecule has 0 spiro atoms. The van der Waals surface area contributed by atoms with Crippen LogP contribution in [0.15, 0.2) is 66.9 Å². The average Bonchev–Trinajstić information content (AvgIpc) is 3.11. The molecule has 0 radical (unpaired) electrons. The van der Waals surface area contributed by atoms with E-state index in [1.165, 1.54) is 64.2 Å². The van der Waals surface area contributed by atoms with Gasteiger partial charge in [0.1, 0.15) is 0 Å². The van der Waals surface area contributed by atoms with Crippen LogP contribution < -0.4 is 4.74 Å². The maximum Gasteiger partial charge on any atom is 0.414 e. The summed E-state index contributed by atoms with van der Waals surface area (Å²) < 4.78 is 49.9. The highest BCUT2D eigenvalue weighted by Gasteiger charge is 2.36. The van der Waals surface area contributed by atoms with Crippen molar-refractivity contribution < 1.29 is 32.5 Å². The zero-order valence-corrected chi connectivity index (χ0v) is 30.2. The third kappa shape index (κ3) is 15.7. The minimum Gasteiger partial charge on any atom is -0.481 e. The minimum atomic E-state index is -4.40. The lowest BCUT2D eigenvalue weighted by atomic mass is 9.85. The predicted octanol–water partition coefficient (Wildman–Crippen LogP) is 12.6. The molecule has 0 amide bonds. The molecule has 1 N–H and O–H groups in total. The van der Waals surface area contributed by atoms with Gasteiger partial charge >= 0.3 is 12.1 Å². The molecule has 276 valence electrons. The quantitative estimate of drug-likeness (QED) is 0.0846. The van der Waals surface area contributed by atoms with Crippen LogP contribution in [0.4, 0.5) is 13.2 Å². The first-order chi connectivity index (χ1) is 24.2. The molecule has 0 bridgehead atoms. The van der Waals surface area contributed by atoms with Gasteiger partial charge in [0, 0.05) is 30.9 Å². The number of nitrogens with zero attached hydrogens (tertiary/aromatic N) is 1. The molecule has 2 aromatic carbocycles. The summed E-state index contributed by atoms with van der Waals surface area (Å²) in [5.74, 6) is -0.305. The number of alkyl halides is 3. The number of benzene rings is 2. The summed E-state index contributed by atoms with van der Waals surface area (Å²) in [4.78, 5) is 15.9. The lowest BCUT2D eigenvalue weighted by molar-refractivity contribution is -0.214. The Morgan fingerprint density at radius 2 is 1.38 bits per heavy atom. The summed E-state index contributed by atoms with van der Waals surface area (Å²) in [5.41, 5.74) is 5.02. The Bertz CT molecular complexity index is 1350. The molecule has 0 aliphatic rings. The molecule has 5 nitrogen and oxygen atoms in total. The van der Waals surface area contributed by atoms with Crippen LogP contribution in [-0.2, 0) is 9.53 Å². The first kappa shape index (κ1) is 41.0. The molecule has 2 unspecified atom stereocenters. The largest absolute Gasteiger partial charge is 0.481 e. The topological polar surface area (TPSA) is 68.7 Å². The van der Waals surface area contributed by atoms with Crippen molar-refractivity contribution >= 4 is 5.97 Å². The van der Waals surface area contributed by atoms with Crippen molar-refractivity contribution in [2.24, 2.45) is 0 Å². The second-order valence-electron chi connectivity index (χ2n) is 13.5. The van der Waals surface area contributed by atoms with Crippen molar-refractivity contribution in [3.05, 3.63) is 72.4 Å². The van der Waals surface area contributed by atoms with Gasteiger partial charge in [0.05, 0.1) is 6.61 Å². The lowest BCUT2D eigenvalue weighted by Gasteiger charge is -2.21. The highest BCUT2D eigenvalue weighted by molar-refractivity contribution is 5.83. The molecule has 1 heterocycles. The third-order valence-corrected chi connectivity index (χ3v) is 9.36. The molecule has 3 rings (SSSR count). The maximum atomic E-state index is 12.9. The standard InChI is InChI=1S/C42H58F3NO4/c1-3-4-5-6-7-8-9-10-11-12-13-17-29-50-40-28-26-37(32-46-40)39-31-36(25-27-38(39)35-20-15-14-16-21-35)34(22-18-24-41(47)48)23-19-30-49-33(2)42(43,44)45/h14-16,20-21,25-28,31-34H,3-13,17-19,22-24,29-30H2,1-2H3,(H,47,48). The second kappa shape index (κ2) is 23.2. The summed E-state index contributed by atoms with van der Waals surface area (Å²) in [6.45, 7) is 3.89. The number of pyridine rings is 1. The van der Waals surface area contributed by atoms with Crippen LogP contribution in [0.1, 0.15) is 134 Å². The van der Waals surface area contributed by atoms with Gasteiger partial charge in [0.2, 0.25) is 5.88 Å². The number of carboxylic acid groups (broad SMARTS) is 1.